The minimum atomic E-state index is 0.250. The molecule has 2 aromatic heterocycles. The van der Waals surface area contributed by atoms with Crippen LogP contribution >= 0.6 is 0 Å². The van der Waals surface area contributed by atoms with Crippen LogP contribution in [0.2, 0.25) is 0 Å². The number of amides is 1. The van der Waals surface area contributed by atoms with Gasteiger partial charge in [0.15, 0.2) is 0 Å². The third-order valence-electron chi connectivity index (χ3n) is 5.69. The number of hydrogen-bond donors (Lipinski definition) is 0. The van der Waals surface area contributed by atoms with Gasteiger partial charge in [-0.25, -0.2) is 4.68 Å². The molecule has 2 aromatic rings. The molecule has 1 saturated heterocycles. The number of carbonyl (C=O) groups is 1. The molecule has 7 heteroatoms. The lowest BCUT2D eigenvalue weighted by atomic mass is 10.1. The van der Waals surface area contributed by atoms with E-state index in [0.29, 0.717) is 12.6 Å². The number of aryl methyl sites for hydroxylation is 1. The van der Waals surface area contributed by atoms with Gasteiger partial charge in [-0.15, -0.1) is 0 Å². The van der Waals surface area contributed by atoms with Crippen LogP contribution < -0.4 is 0 Å². The molecule has 0 spiro atoms. The van der Waals surface area contributed by atoms with E-state index in [0.717, 1.165) is 56.1 Å². The standard InChI is InChI=1S/C20H28N6O/c1-15-10-17(4-7-21-15)26-12-16-11-24(8-6-19(16)22-26)14-20(27)25-9-5-18(13-25)23(2)3/h4,7,10,12,18H,5-6,8-9,11,13-14H2,1-3H3. The largest absolute Gasteiger partial charge is 0.340 e. The van der Waals surface area contributed by atoms with Crippen molar-refractivity contribution in [2.45, 2.75) is 32.4 Å². The summed E-state index contributed by atoms with van der Waals surface area (Å²) in [7, 11) is 4.18. The first-order valence-electron chi connectivity index (χ1n) is 9.66. The summed E-state index contributed by atoms with van der Waals surface area (Å²) in [6.45, 7) is 5.88. The number of likely N-dealkylation sites (tertiary alicyclic amines) is 1. The molecule has 1 fully saturated rings. The van der Waals surface area contributed by atoms with Crippen LogP contribution in [0.1, 0.15) is 23.4 Å². The van der Waals surface area contributed by atoms with Crippen molar-refractivity contribution in [1.82, 2.24) is 29.5 Å². The second-order valence-electron chi connectivity index (χ2n) is 7.91. The van der Waals surface area contributed by atoms with Crippen LogP contribution in [0, 0.1) is 6.92 Å². The van der Waals surface area contributed by atoms with Crippen LogP contribution in [0.25, 0.3) is 5.69 Å². The van der Waals surface area contributed by atoms with E-state index in [1.807, 2.05) is 34.8 Å². The van der Waals surface area contributed by atoms with Crippen molar-refractivity contribution in [2.75, 3.05) is 40.3 Å². The Balaban J connectivity index is 1.39. The highest BCUT2D eigenvalue weighted by molar-refractivity contribution is 5.78. The summed E-state index contributed by atoms with van der Waals surface area (Å²) in [5.74, 6) is 0.250. The average Bonchev–Trinajstić information content (AvgIpc) is 3.28. The predicted molar refractivity (Wildman–Crippen MR) is 104 cm³/mol. The van der Waals surface area contributed by atoms with E-state index in [2.05, 4.69) is 35.1 Å². The Bertz CT molecular complexity index is 830. The molecule has 0 bridgehead atoms. The maximum Gasteiger partial charge on any atom is 0.236 e. The molecule has 1 unspecified atom stereocenters. The van der Waals surface area contributed by atoms with Crippen molar-refractivity contribution >= 4 is 5.91 Å². The van der Waals surface area contributed by atoms with Crippen LogP contribution in [0.15, 0.2) is 24.5 Å². The van der Waals surface area contributed by atoms with Gasteiger partial charge in [0.25, 0.3) is 0 Å². The Kier molecular flexibility index (Phi) is 4.97. The zero-order valence-electron chi connectivity index (χ0n) is 16.4. The minimum Gasteiger partial charge on any atom is -0.340 e. The monoisotopic (exact) mass is 368 g/mol. The van der Waals surface area contributed by atoms with E-state index in [-0.39, 0.29) is 5.91 Å². The first kappa shape index (κ1) is 18.1. The van der Waals surface area contributed by atoms with Gasteiger partial charge in [0.05, 0.1) is 17.9 Å². The zero-order chi connectivity index (χ0) is 19.0. The Hall–Kier alpha value is -2.25. The number of rotatable bonds is 4. The average molecular weight is 368 g/mol. The molecular weight excluding hydrogens is 340 g/mol. The maximum absolute atomic E-state index is 12.7. The van der Waals surface area contributed by atoms with Crippen molar-refractivity contribution in [3.63, 3.8) is 0 Å². The van der Waals surface area contributed by atoms with Gasteiger partial charge in [0.1, 0.15) is 0 Å². The fourth-order valence-corrected chi connectivity index (χ4v) is 3.99. The van der Waals surface area contributed by atoms with Crippen LogP contribution in [-0.2, 0) is 17.8 Å². The molecule has 1 atom stereocenters. The highest BCUT2D eigenvalue weighted by atomic mass is 16.2. The fraction of sp³-hybridized carbons (Fsp3) is 0.550. The van der Waals surface area contributed by atoms with Crippen molar-refractivity contribution in [3.05, 3.63) is 41.5 Å². The highest BCUT2D eigenvalue weighted by Gasteiger charge is 2.29. The lowest BCUT2D eigenvalue weighted by Gasteiger charge is -2.28. The minimum absolute atomic E-state index is 0.250. The summed E-state index contributed by atoms with van der Waals surface area (Å²) < 4.78 is 1.94. The van der Waals surface area contributed by atoms with E-state index in [4.69, 9.17) is 5.10 Å². The molecule has 4 heterocycles. The molecule has 0 saturated carbocycles. The Morgan fingerprint density at radius 3 is 2.93 bits per heavy atom. The zero-order valence-corrected chi connectivity index (χ0v) is 16.4. The third-order valence-corrected chi connectivity index (χ3v) is 5.69. The Labute approximate surface area is 160 Å². The quantitative estimate of drug-likeness (QED) is 0.809. The topological polar surface area (TPSA) is 57.5 Å². The van der Waals surface area contributed by atoms with E-state index in [1.165, 1.54) is 5.56 Å². The summed E-state index contributed by atoms with van der Waals surface area (Å²) in [5, 5.41) is 4.74. The first-order valence-corrected chi connectivity index (χ1v) is 9.66. The van der Waals surface area contributed by atoms with Crippen molar-refractivity contribution in [3.8, 4) is 5.69 Å². The number of likely N-dealkylation sites (N-methyl/N-ethyl adjacent to an activating group) is 1. The third kappa shape index (κ3) is 3.89. The smallest absolute Gasteiger partial charge is 0.236 e. The van der Waals surface area contributed by atoms with E-state index in [1.54, 1.807) is 0 Å². The van der Waals surface area contributed by atoms with Crippen LogP contribution in [0.3, 0.4) is 0 Å². The van der Waals surface area contributed by atoms with Gasteiger partial charge in [-0.1, -0.05) is 0 Å². The molecule has 0 N–H and O–H groups in total. The molecule has 0 aliphatic carbocycles. The normalized spacial score (nSPS) is 20.3. The molecule has 4 rings (SSSR count). The molecule has 7 nitrogen and oxygen atoms in total. The molecule has 27 heavy (non-hydrogen) atoms. The van der Waals surface area contributed by atoms with Crippen LogP contribution in [0.4, 0.5) is 0 Å². The summed E-state index contributed by atoms with van der Waals surface area (Å²) in [6, 6.07) is 4.50. The SMILES string of the molecule is Cc1cc(-n2cc3c(n2)CCN(CC(=O)N2CCC(N(C)C)C2)C3)ccn1. The number of aromatic nitrogens is 3. The summed E-state index contributed by atoms with van der Waals surface area (Å²) in [6.07, 6.45) is 5.87. The van der Waals surface area contributed by atoms with Gasteiger partial charge in [0, 0.05) is 62.3 Å². The van der Waals surface area contributed by atoms with E-state index < -0.39 is 0 Å². The molecule has 144 valence electrons. The van der Waals surface area contributed by atoms with Gasteiger partial charge in [-0.2, -0.15) is 5.10 Å². The lowest BCUT2D eigenvalue weighted by molar-refractivity contribution is -0.131. The van der Waals surface area contributed by atoms with Crippen LogP contribution in [-0.4, -0.2) is 81.7 Å². The summed E-state index contributed by atoms with van der Waals surface area (Å²) in [5.41, 5.74) is 4.37. The van der Waals surface area contributed by atoms with Gasteiger partial charge < -0.3 is 9.80 Å². The molecule has 2 aliphatic heterocycles. The van der Waals surface area contributed by atoms with E-state index in [9.17, 15) is 4.79 Å². The maximum atomic E-state index is 12.7. The molecule has 1 amide bonds. The van der Waals surface area contributed by atoms with E-state index >= 15 is 0 Å². The lowest BCUT2D eigenvalue weighted by Crippen LogP contribution is -2.42. The Morgan fingerprint density at radius 1 is 1.33 bits per heavy atom. The molecule has 2 aliphatic rings. The number of hydrogen-bond acceptors (Lipinski definition) is 5. The number of nitrogens with zero attached hydrogens (tertiary/aromatic N) is 6. The first-order chi connectivity index (χ1) is 13.0. The van der Waals surface area contributed by atoms with Gasteiger partial charge in [-0.3, -0.25) is 14.7 Å². The second kappa shape index (κ2) is 7.40. The summed E-state index contributed by atoms with van der Waals surface area (Å²) >= 11 is 0. The number of fused-ring (bicyclic) bond motifs is 1. The van der Waals surface area contributed by atoms with Crippen molar-refractivity contribution in [2.24, 2.45) is 0 Å². The summed E-state index contributed by atoms with van der Waals surface area (Å²) in [4.78, 5) is 23.4. The molecule has 0 aromatic carbocycles. The highest BCUT2D eigenvalue weighted by Crippen LogP contribution is 2.21. The fourth-order valence-electron chi connectivity index (χ4n) is 3.99. The number of pyridine rings is 1. The van der Waals surface area contributed by atoms with Gasteiger partial charge in [0.2, 0.25) is 5.91 Å². The van der Waals surface area contributed by atoms with Crippen LogP contribution in [0.5, 0.6) is 0 Å². The number of carbonyl (C=O) groups excluding carboxylic acids is 1. The Morgan fingerprint density at radius 2 is 2.19 bits per heavy atom. The van der Waals surface area contributed by atoms with Crippen molar-refractivity contribution in [1.29, 1.82) is 0 Å². The second-order valence-corrected chi connectivity index (χ2v) is 7.91. The van der Waals surface area contributed by atoms with Gasteiger partial charge in [-0.05, 0) is 39.6 Å². The molecular formula is C20H28N6O. The predicted octanol–water partition coefficient (Wildman–Crippen LogP) is 1.10. The molecule has 0 radical (unpaired) electrons. The van der Waals surface area contributed by atoms with Crippen molar-refractivity contribution < 1.29 is 4.79 Å². The van der Waals surface area contributed by atoms with Gasteiger partial charge >= 0.3 is 0 Å².